The fourth-order valence-corrected chi connectivity index (χ4v) is 2.37. The second kappa shape index (κ2) is 3.19. The number of benzene rings is 1. The molecule has 14 heavy (non-hydrogen) atoms. The van der Waals surface area contributed by atoms with Crippen molar-refractivity contribution in [2.24, 2.45) is 0 Å². The van der Waals surface area contributed by atoms with E-state index in [9.17, 15) is 0 Å². The molecule has 1 aliphatic carbocycles. The van der Waals surface area contributed by atoms with Gasteiger partial charge in [0, 0.05) is 5.56 Å². The van der Waals surface area contributed by atoms with E-state index < -0.39 is 0 Å². The largest absolute Gasteiger partial charge is 0.454 e. The molecule has 0 radical (unpaired) electrons. The first-order valence-electron chi connectivity index (χ1n) is 5.35. The van der Waals surface area contributed by atoms with Gasteiger partial charge in [0.25, 0.3) is 0 Å². The molecule has 0 spiro atoms. The van der Waals surface area contributed by atoms with Gasteiger partial charge in [-0.25, -0.2) is 0 Å². The second-order valence-electron chi connectivity index (χ2n) is 4.00. The molecule has 3 rings (SSSR count). The van der Waals surface area contributed by atoms with Crippen LogP contribution in [0.1, 0.15) is 30.4 Å². The van der Waals surface area contributed by atoms with Gasteiger partial charge in [0.2, 0.25) is 6.79 Å². The van der Waals surface area contributed by atoms with Gasteiger partial charge in [0.05, 0.1) is 0 Å². The van der Waals surface area contributed by atoms with Crippen LogP contribution in [0.2, 0.25) is 0 Å². The SMILES string of the molecule is c1cc2c(c3c1CCCCC3)OCO2. The minimum Gasteiger partial charge on any atom is -0.454 e. The highest BCUT2D eigenvalue weighted by Gasteiger charge is 2.21. The summed E-state index contributed by atoms with van der Waals surface area (Å²) in [6.07, 6.45) is 6.29. The van der Waals surface area contributed by atoms with Crippen molar-refractivity contribution < 1.29 is 9.47 Å². The van der Waals surface area contributed by atoms with Crippen LogP contribution in [0, 0.1) is 0 Å². The summed E-state index contributed by atoms with van der Waals surface area (Å²) in [7, 11) is 0. The standard InChI is InChI=1S/C12H14O2/c1-2-4-9-6-7-11-12(14-8-13-11)10(9)5-3-1/h6-7H,1-5,8H2. The Morgan fingerprint density at radius 2 is 1.86 bits per heavy atom. The van der Waals surface area contributed by atoms with Crippen LogP contribution in [0.25, 0.3) is 0 Å². The number of fused-ring (bicyclic) bond motifs is 3. The van der Waals surface area contributed by atoms with Gasteiger partial charge in [-0.2, -0.15) is 0 Å². The van der Waals surface area contributed by atoms with Crippen LogP contribution in [0.3, 0.4) is 0 Å². The molecule has 74 valence electrons. The summed E-state index contributed by atoms with van der Waals surface area (Å²) in [5.41, 5.74) is 2.87. The van der Waals surface area contributed by atoms with Gasteiger partial charge in [0.1, 0.15) is 0 Å². The van der Waals surface area contributed by atoms with Crippen molar-refractivity contribution in [2.75, 3.05) is 6.79 Å². The van der Waals surface area contributed by atoms with Gasteiger partial charge in [-0.05, 0) is 37.3 Å². The highest BCUT2D eigenvalue weighted by atomic mass is 16.7. The fraction of sp³-hybridized carbons (Fsp3) is 0.500. The molecule has 0 N–H and O–H groups in total. The van der Waals surface area contributed by atoms with E-state index in [4.69, 9.17) is 9.47 Å². The Kier molecular flexibility index (Phi) is 1.86. The van der Waals surface area contributed by atoms with E-state index in [1.165, 1.54) is 36.8 Å². The summed E-state index contributed by atoms with van der Waals surface area (Å²) in [4.78, 5) is 0. The van der Waals surface area contributed by atoms with Crippen molar-refractivity contribution in [1.29, 1.82) is 0 Å². The first kappa shape index (κ1) is 8.16. The Bertz CT molecular complexity index is 358. The van der Waals surface area contributed by atoms with Crippen molar-refractivity contribution in [3.8, 4) is 11.5 Å². The molecule has 1 aliphatic heterocycles. The Morgan fingerprint density at radius 1 is 0.929 bits per heavy atom. The molecular weight excluding hydrogens is 176 g/mol. The van der Waals surface area contributed by atoms with Crippen molar-refractivity contribution in [3.05, 3.63) is 23.3 Å². The lowest BCUT2D eigenvalue weighted by molar-refractivity contribution is 0.173. The van der Waals surface area contributed by atoms with E-state index in [2.05, 4.69) is 6.07 Å². The first-order valence-corrected chi connectivity index (χ1v) is 5.35. The number of hydrogen-bond donors (Lipinski definition) is 0. The van der Waals surface area contributed by atoms with E-state index in [1.807, 2.05) is 6.07 Å². The van der Waals surface area contributed by atoms with Crippen LogP contribution in [0.4, 0.5) is 0 Å². The molecular formula is C12H14O2. The van der Waals surface area contributed by atoms with Gasteiger partial charge in [-0.15, -0.1) is 0 Å². The molecule has 0 aromatic heterocycles. The maximum absolute atomic E-state index is 5.53. The number of hydrogen-bond acceptors (Lipinski definition) is 2. The number of rotatable bonds is 0. The molecule has 0 unspecified atom stereocenters. The minimum absolute atomic E-state index is 0.395. The van der Waals surface area contributed by atoms with E-state index in [-0.39, 0.29) is 0 Å². The fourth-order valence-electron chi connectivity index (χ4n) is 2.37. The van der Waals surface area contributed by atoms with Crippen LogP contribution in [-0.4, -0.2) is 6.79 Å². The monoisotopic (exact) mass is 190 g/mol. The summed E-state index contributed by atoms with van der Waals surface area (Å²) >= 11 is 0. The number of aryl methyl sites for hydroxylation is 1. The molecule has 2 heteroatoms. The Morgan fingerprint density at radius 3 is 2.86 bits per heavy atom. The molecule has 0 atom stereocenters. The maximum Gasteiger partial charge on any atom is 0.231 e. The molecule has 1 aromatic rings. The van der Waals surface area contributed by atoms with Crippen molar-refractivity contribution >= 4 is 0 Å². The lowest BCUT2D eigenvalue weighted by Crippen LogP contribution is -1.96. The van der Waals surface area contributed by atoms with Crippen molar-refractivity contribution in [1.82, 2.24) is 0 Å². The van der Waals surface area contributed by atoms with Gasteiger partial charge < -0.3 is 9.47 Å². The zero-order chi connectivity index (χ0) is 9.38. The van der Waals surface area contributed by atoms with Crippen LogP contribution in [-0.2, 0) is 12.8 Å². The Hall–Kier alpha value is -1.18. The maximum atomic E-state index is 5.53. The molecule has 0 fully saturated rings. The second-order valence-corrected chi connectivity index (χ2v) is 4.00. The lowest BCUT2D eigenvalue weighted by atomic mass is 10.0. The summed E-state index contributed by atoms with van der Waals surface area (Å²) in [6.45, 7) is 0.395. The number of ether oxygens (including phenoxy) is 2. The molecule has 0 saturated heterocycles. The smallest absolute Gasteiger partial charge is 0.231 e. The Balaban J connectivity index is 2.11. The average molecular weight is 190 g/mol. The molecule has 1 aromatic carbocycles. The molecule has 0 bridgehead atoms. The van der Waals surface area contributed by atoms with E-state index in [0.717, 1.165) is 17.9 Å². The van der Waals surface area contributed by atoms with Gasteiger partial charge in [0.15, 0.2) is 11.5 Å². The highest BCUT2D eigenvalue weighted by molar-refractivity contribution is 5.52. The molecule has 2 aliphatic rings. The molecule has 1 heterocycles. The molecule has 0 saturated carbocycles. The summed E-state index contributed by atoms with van der Waals surface area (Å²) in [5.74, 6) is 1.95. The lowest BCUT2D eigenvalue weighted by Gasteiger charge is -2.08. The summed E-state index contributed by atoms with van der Waals surface area (Å²) in [6, 6.07) is 4.25. The third kappa shape index (κ3) is 1.17. The highest BCUT2D eigenvalue weighted by Crippen LogP contribution is 2.39. The van der Waals surface area contributed by atoms with Gasteiger partial charge in [-0.1, -0.05) is 12.5 Å². The van der Waals surface area contributed by atoms with Crippen LogP contribution in [0.5, 0.6) is 11.5 Å². The zero-order valence-electron chi connectivity index (χ0n) is 8.21. The van der Waals surface area contributed by atoms with Crippen LogP contribution >= 0.6 is 0 Å². The van der Waals surface area contributed by atoms with Gasteiger partial charge in [-0.3, -0.25) is 0 Å². The van der Waals surface area contributed by atoms with E-state index >= 15 is 0 Å². The third-order valence-electron chi connectivity index (χ3n) is 3.11. The zero-order valence-corrected chi connectivity index (χ0v) is 8.21. The predicted molar refractivity (Wildman–Crippen MR) is 53.8 cm³/mol. The average Bonchev–Trinajstić information content (AvgIpc) is 2.55. The third-order valence-corrected chi connectivity index (χ3v) is 3.11. The van der Waals surface area contributed by atoms with Crippen LogP contribution in [0.15, 0.2) is 12.1 Å². The molecule has 2 nitrogen and oxygen atoms in total. The van der Waals surface area contributed by atoms with E-state index in [0.29, 0.717) is 6.79 Å². The van der Waals surface area contributed by atoms with Crippen molar-refractivity contribution in [3.63, 3.8) is 0 Å². The topological polar surface area (TPSA) is 18.5 Å². The predicted octanol–water partition coefficient (Wildman–Crippen LogP) is 2.68. The quantitative estimate of drug-likeness (QED) is 0.585. The summed E-state index contributed by atoms with van der Waals surface area (Å²) < 4.78 is 10.9. The minimum atomic E-state index is 0.395. The van der Waals surface area contributed by atoms with Crippen LogP contribution < -0.4 is 9.47 Å². The van der Waals surface area contributed by atoms with Crippen molar-refractivity contribution in [2.45, 2.75) is 32.1 Å². The molecule has 0 amide bonds. The Labute approximate surface area is 83.8 Å². The van der Waals surface area contributed by atoms with Gasteiger partial charge >= 0.3 is 0 Å². The first-order chi connectivity index (χ1) is 6.95. The normalized spacial score (nSPS) is 18.9. The summed E-state index contributed by atoms with van der Waals surface area (Å²) in [5, 5.41) is 0. The van der Waals surface area contributed by atoms with E-state index in [1.54, 1.807) is 0 Å².